The van der Waals surface area contributed by atoms with Gasteiger partial charge in [0.15, 0.2) is 5.54 Å². The van der Waals surface area contributed by atoms with E-state index >= 15 is 0 Å². The summed E-state index contributed by atoms with van der Waals surface area (Å²) >= 11 is 0. The molecule has 1 amide bonds. The molecule has 0 bridgehead atoms. The maximum Gasteiger partial charge on any atom is 0.416 e. The Hall–Kier alpha value is -2.05. The molecule has 0 saturated carbocycles. The molecule has 0 unspecified atom stereocenters. The van der Waals surface area contributed by atoms with E-state index in [2.05, 4.69) is 5.32 Å². The molecule has 0 aliphatic rings. The van der Waals surface area contributed by atoms with Crippen molar-refractivity contribution in [3.63, 3.8) is 0 Å². The zero-order chi connectivity index (χ0) is 14.8. The highest BCUT2D eigenvalue weighted by molar-refractivity contribution is 5.86. The second kappa shape index (κ2) is 4.91. The van der Waals surface area contributed by atoms with Crippen molar-refractivity contribution in [2.75, 3.05) is 0 Å². The van der Waals surface area contributed by atoms with E-state index in [-0.39, 0.29) is 5.56 Å². The van der Waals surface area contributed by atoms with Crippen LogP contribution >= 0.6 is 0 Å². The van der Waals surface area contributed by atoms with Gasteiger partial charge in [0.1, 0.15) is 0 Å². The number of aliphatic carboxylic acids is 1. The van der Waals surface area contributed by atoms with Crippen molar-refractivity contribution in [3.8, 4) is 0 Å². The Morgan fingerprint density at radius 1 is 1.21 bits per heavy atom. The van der Waals surface area contributed by atoms with Crippen LogP contribution in [0.25, 0.3) is 0 Å². The average molecular weight is 275 g/mol. The lowest BCUT2D eigenvalue weighted by molar-refractivity contribution is -0.147. The fourth-order valence-corrected chi connectivity index (χ4v) is 1.61. The lowest BCUT2D eigenvalue weighted by atomic mass is 9.90. The van der Waals surface area contributed by atoms with E-state index in [0.29, 0.717) is 6.07 Å². The van der Waals surface area contributed by atoms with Gasteiger partial charge in [0.05, 0.1) is 5.56 Å². The predicted molar refractivity (Wildman–Crippen MR) is 60.2 cm³/mol. The van der Waals surface area contributed by atoms with E-state index in [0.717, 1.165) is 26.0 Å². The van der Waals surface area contributed by atoms with E-state index in [1.54, 1.807) is 0 Å². The van der Waals surface area contributed by atoms with Crippen LogP contribution in [-0.4, -0.2) is 17.0 Å². The number of benzene rings is 1. The molecule has 104 valence electrons. The maximum atomic E-state index is 12.6. The van der Waals surface area contributed by atoms with Crippen molar-refractivity contribution in [3.05, 3.63) is 35.4 Å². The fourth-order valence-electron chi connectivity index (χ4n) is 1.61. The first kappa shape index (κ1) is 15.0. The number of nitrogens with one attached hydrogen (secondary N) is 1. The molecule has 0 aromatic heterocycles. The summed E-state index contributed by atoms with van der Waals surface area (Å²) in [5.41, 5.74) is -3.03. The Kier molecular flexibility index (Phi) is 3.88. The first-order valence-corrected chi connectivity index (χ1v) is 5.27. The van der Waals surface area contributed by atoms with Crippen LogP contribution in [0.3, 0.4) is 0 Å². The lowest BCUT2D eigenvalue weighted by Gasteiger charge is -2.26. The number of carboxylic acids is 1. The Bertz CT molecular complexity index is 513. The monoisotopic (exact) mass is 275 g/mol. The summed E-state index contributed by atoms with van der Waals surface area (Å²) in [5.74, 6) is -2.09. The highest BCUT2D eigenvalue weighted by Crippen LogP contribution is 2.32. The van der Waals surface area contributed by atoms with Gasteiger partial charge in [-0.15, -0.1) is 0 Å². The molecule has 1 aromatic carbocycles. The largest absolute Gasteiger partial charge is 0.479 e. The van der Waals surface area contributed by atoms with Gasteiger partial charge in [-0.05, 0) is 24.6 Å². The molecule has 4 nitrogen and oxygen atoms in total. The Labute approximate surface area is 107 Å². The number of alkyl halides is 3. The molecule has 0 fully saturated rings. The van der Waals surface area contributed by atoms with Crippen LogP contribution in [0, 0.1) is 0 Å². The normalized spacial score (nSPS) is 14.6. The van der Waals surface area contributed by atoms with Gasteiger partial charge in [0.2, 0.25) is 5.91 Å². The minimum atomic E-state index is -4.58. The Morgan fingerprint density at radius 3 is 2.16 bits per heavy atom. The van der Waals surface area contributed by atoms with Crippen LogP contribution in [0.5, 0.6) is 0 Å². The van der Waals surface area contributed by atoms with Gasteiger partial charge in [0.25, 0.3) is 0 Å². The molecule has 0 saturated heterocycles. The number of amides is 1. The van der Waals surface area contributed by atoms with E-state index in [4.69, 9.17) is 5.11 Å². The molecule has 0 aliphatic heterocycles. The Balaban J connectivity index is 3.32. The Morgan fingerprint density at radius 2 is 1.74 bits per heavy atom. The molecule has 1 atom stereocenters. The zero-order valence-corrected chi connectivity index (χ0v) is 10.2. The minimum Gasteiger partial charge on any atom is -0.479 e. The molecule has 7 heteroatoms. The van der Waals surface area contributed by atoms with Crippen LogP contribution in [0.1, 0.15) is 25.0 Å². The standard InChI is InChI=1S/C12H12F3NO3/c1-7(17)16-11(2,10(18)19)8-4-3-5-9(6-8)12(13,14)15/h3-6H,1-2H3,(H,16,17)(H,18,19)/t11-/m1/s1. The molecule has 1 rings (SSSR count). The van der Waals surface area contributed by atoms with Gasteiger partial charge in [-0.1, -0.05) is 12.1 Å². The molecular weight excluding hydrogens is 263 g/mol. The topological polar surface area (TPSA) is 66.4 Å². The summed E-state index contributed by atoms with van der Waals surface area (Å²) in [6, 6.07) is 3.87. The average Bonchev–Trinajstić information content (AvgIpc) is 2.26. The van der Waals surface area contributed by atoms with Crippen molar-refractivity contribution in [1.29, 1.82) is 0 Å². The zero-order valence-electron chi connectivity index (χ0n) is 10.2. The highest BCUT2D eigenvalue weighted by atomic mass is 19.4. The predicted octanol–water partition coefficient (Wildman–Crippen LogP) is 2.14. The van der Waals surface area contributed by atoms with Gasteiger partial charge in [0, 0.05) is 6.92 Å². The van der Waals surface area contributed by atoms with Crippen molar-refractivity contribution >= 4 is 11.9 Å². The summed E-state index contributed by atoms with van der Waals surface area (Å²) in [6.07, 6.45) is -4.58. The van der Waals surface area contributed by atoms with Crippen LogP contribution < -0.4 is 5.32 Å². The van der Waals surface area contributed by atoms with Crippen molar-refractivity contribution in [2.45, 2.75) is 25.6 Å². The van der Waals surface area contributed by atoms with Gasteiger partial charge in [-0.3, -0.25) is 4.79 Å². The maximum absolute atomic E-state index is 12.6. The van der Waals surface area contributed by atoms with Crippen LogP contribution in [0.4, 0.5) is 13.2 Å². The van der Waals surface area contributed by atoms with Gasteiger partial charge >= 0.3 is 12.1 Å². The van der Waals surface area contributed by atoms with E-state index in [1.165, 1.54) is 6.07 Å². The number of hydrogen-bond donors (Lipinski definition) is 2. The van der Waals surface area contributed by atoms with Crippen molar-refractivity contribution in [1.82, 2.24) is 5.32 Å². The smallest absolute Gasteiger partial charge is 0.416 e. The third-order valence-corrected chi connectivity index (χ3v) is 2.62. The summed E-state index contributed by atoms with van der Waals surface area (Å²) in [7, 11) is 0. The SMILES string of the molecule is CC(=O)N[C@@](C)(C(=O)O)c1cccc(C(F)(F)F)c1. The minimum absolute atomic E-state index is 0.148. The number of halogens is 3. The van der Waals surface area contributed by atoms with Crippen molar-refractivity contribution < 1.29 is 27.9 Å². The quantitative estimate of drug-likeness (QED) is 0.888. The summed E-state index contributed by atoms with van der Waals surface area (Å²) in [6.45, 7) is 2.22. The number of carbonyl (C=O) groups excluding carboxylic acids is 1. The van der Waals surface area contributed by atoms with Gasteiger partial charge < -0.3 is 10.4 Å². The van der Waals surface area contributed by atoms with Gasteiger partial charge in [-0.2, -0.15) is 13.2 Å². The highest BCUT2D eigenvalue weighted by Gasteiger charge is 2.38. The number of carboxylic acid groups (broad SMARTS) is 1. The van der Waals surface area contributed by atoms with E-state index in [9.17, 15) is 22.8 Å². The first-order chi connectivity index (χ1) is 8.57. The fraction of sp³-hybridized carbons (Fsp3) is 0.333. The molecule has 0 heterocycles. The third kappa shape index (κ3) is 3.24. The van der Waals surface area contributed by atoms with E-state index < -0.39 is 29.2 Å². The number of carbonyl (C=O) groups is 2. The second-order valence-corrected chi connectivity index (χ2v) is 4.19. The van der Waals surface area contributed by atoms with Crippen LogP contribution in [-0.2, 0) is 21.3 Å². The van der Waals surface area contributed by atoms with E-state index in [1.807, 2.05) is 0 Å². The summed E-state index contributed by atoms with van der Waals surface area (Å²) in [4.78, 5) is 22.2. The first-order valence-electron chi connectivity index (χ1n) is 5.27. The number of rotatable bonds is 3. The molecular formula is C12H12F3NO3. The third-order valence-electron chi connectivity index (χ3n) is 2.62. The molecule has 1 aromatic rings. The second-order valence-electron chi connectivity index (χ2n) is 4.19. The summed E-state index contributed by atoms with van der Waals surface area (Å²) < 4.78 is 37.8. The number of hydrogen-bond acceptors (Lipinski definition) is 2. The summed E-state index contributed by atoms with van der Waals surface area (Å²) in [5, 5.41) is 11.3. The van der Waals surface area contributed by atoms with Crippen LogP contribution in [0.15, 0.2) is 24.3 Å². The van der Waals surface area contributed by atoms with Gasteiger partial charge in [-0.25, -0.2) is 4.79 Å². The van der Waals surface area contributed by atoms with Crippen molar-refractivity contribution in [2.24, 2.45) is 0 Å². The molecule has 19 heavy (non-hydrogen) atoms. The molecule has 0 radical (unpaired) electrons. The molecule has 2 N–H and O–H groups in total. The molecule has 0 spiro atoms. The lowest BCUT2D eigenvalue weighted by Crippen LogP contribution is -2.48. The van der Waals surface area contributed by atoms with Crippen LogP contribution in [0.2, 0.25) is 0 Å². The molecule has 0 aliphatic carbocycles.